The maximum absolute atomic E-state index is 12.9. The van der Waals surface area contributed by atoms with Crippen LogP contribution in [0, 0.1) is 10.6 Å². The summed E-state index contributed by atoms with van der Waals surface area (Å²) in [5.41, 5.74) is 0.691. The highest BCUT2D eigenvalue weighted by Gasteiger charge is 2.17. The molecule has 1 heterocycles. The molecule has 0 unspecified atom stereocenters. The average molecular weight is 335 g/mol. The van der Waals surface area contributed by atoms with Gasteiger partial charge in [-0.3, -0.25) is 9.67 Å². The third-order valence-electron chi connectivity index (χ3n) is 3.10. The van der Waals surface area contributed by atoms with Crippen molar-refractivity contribution in [3.63, 3.8) is 0 Å². The van der Waals surface area contributed by atoms with E-state index in [1.165, 1.54) is 30.6 Å². The highest BCUT2D eigenvalue weighted by Crippen LogP contribution is 2.22. The summed E-state index contributed by atoms with van der Waals surface area (Å²) in [5, 5.41) is 6.42. The lowest BCUT2D eigenvalue weighted by Crippen LogP contribution is -2.02. The monoisotopic (exact) mass is 335 g/mol. The van der Waals surface area contributed by atoms with E-state index in [0.717, 1.165) is 12.1 Å². The van der Waals surface area contributed by atoms with E-state index >= 15 is 0 Å². The van der Waals surface area contributed by atoms with Gasteiger partial charge in [-0.15, -0.1) is 0 Å². The predicted octanol–water partition coefficient (Wildman–Crippen LogP) is 2.90. The molecule has 0 aliphatic rings. The third kappa shape index (κ3) is 2.58. The van der Waals surface area contributed by atoms with Gasteiger partial charge in [0.25, 0.3) is 0 Å². The number of rotatable bonds is 3. The molecule has 3 aromatic rings. The molecule has 0 aliphatic heterocycles. The van der Waals surface area contributed by atoms with Crippen LogP contribution < -0.4 is 0 Å². The molecule has 8 heteroatoms. The number of hydrogen-bond acceptors (Lipinski definition) is 4. The first kappa shape index (κ1) is 14.6. The zero-order valence-electron chi connectivity index (χ0n) is 11.1. The van der Waals surface area contributed by atoms with E-state index in [0.29, 0.717) is 10.5 Å². The maximum Gasteiger partial charge on any atom is 0.206 e. The molecule has 0 bridgehead atoms. The molecule has 22 heavy (non-hydrogen) atoms. The fourth-order valence-electron chi connectivity index (χ4n) is 1.97. The summed E-state index contributed by atoms with van der Waals surface area (Å²) in [4.78, 5) is 0.166. The van der Waals surface area contributed by atoms with Crippen molar-refractivity contribution in [2.45, 2.75) is 9.79 Å². The number of benzene rings is 2. The Bertz CT molecular complexity index is 958. The van der Waals surface area contributed by atoms with Crippen molar-refractivity contribution in [2.24, 2.45) is 0 Å². The summed E-state index contributed by atoms with van der Waals surface area (Å²) in [6.07, 6.45) is 1.51. The van der Waals surface area contributed by atoms with Gasteiger partial charge in [0, 0.05) is 5.69 Å². The summed E-state index contributed by atoms with van der Waals surface area (Å²) >= 11 is 5.05. The standard InChI is InChI=1S/C14H10FN3O2S2/c15-10-1-5-12(6-2-10)22(19,20)13-7-3-11(4-8-13)18-9-16-17-14(18)21/h1-9H,(H,17,21). The van der Waals surface area contributed by atoms with Crippen LogP contribution in [0.25, 0.3) is 5.69 Å². The normalized spacial score (nSPS) is 11.5. The SMILES string of the molecule is O=S(=O)(c1ccc(F)cc1)c1ccc(-n2cn[nH]c2=S)cc1. The zero-order valence-corrected chi connectivity index (χ0v) is 12.7. The van der Waals surface area contributed by atoms with Crippen LogP contribution in [0.4, 0.5) is 4.39 Å². The van der Waals surface area contributed by atoms with E-state index in [1.807, 2.05) is 0 Å². The van der Waals surface area contributed by atoms with Crippen molar-refractivity contribution < 1.29 is 12.8 Å². The number of H-pyrrole nitrogens is 1. The molecule has 0 saturated heterocycles. The first-order valence-electron chi connectivity index (χ1n) is 6.21. The van der Waals surface area contributed by atoms with Gasteiger partial charge in [-0.2, -0.15) is 5.10 Å². The van der Waals surface area contributed by atoms with Crippen molar-refractivity contribution in [1.29, 1.82) is 0 Å². The number of nitrogens with one attached hydrogen (secondary N) is 1. The Morgan fingerprint density at radius 2 is 1.55 bits per heavy atom. The molecule has 0 saturated carbocycles. The Morgan fingerprint density at radius 1 is 1.00 bits per heavy atom. The smallest absolute Gasteiger partial charge is 0.206 e. The van der Waals surface area contributed by atoms with E-state index < -0.39 is 15.7 Å². The van der Waals surface area contributed by atoms with Gasteiger partial charge in [0.15, 0.2) is 4.77 Å². The van der Waals surface area contributed by atoms with Crippen LogP contribution in [0.15, 0.2) is 64.6 Å². The predicted molar refractivity (Wildman–Crippen MR) is 80.6 cm³/mol. The van der Waals surface area contributed by atoms with Crippen LogP contribution in [-0.4, -0.2) is 23.2 Å². The number of hydrogen-bond donors (Lipinski definition) is 1. The second kappa shape index (κ2) is 5.47. The minimum Gasteiger partial charge on any atom is -0.275 e. The van der Waals surface area contributed by atoms with Gasteiger partial charge in [-0.05, 0) is 60.7 Å². The number of aromatic nitrogens is 3. The largest absolute Gasteiger partial charge is 0.275 e. The van der Waals surface area contributed by atoms with Gasteiger partial charge in [-0.1, -0.05) is 0 Å². The second-order valence-electron chi connectivity index (χ2n) is 4.48. The van der Waals surface area contributed by atoms with Crippen LogP contribution >= 0.6 is 12.2 Å². The Balaban J connectivity index is 2.00. The van der Waals surface area contributed by atoms with Crippen molar-refractivity contribution in [2.75, 3.05) is 0 Å². The Hall–Kier alpha value is -2.32. The van der Waals surface area contributed by atoms with Crippen molar-refractivity contribution in [1.82, 2.24) is 14.8 Å². The number of nitrogens with zero attached hydrogens (tertiary/aromatic N) is 2. The van der Waals surface area contributed by atoms with Gasteiger partial charge < -0.3 is 0 Å². The highest BCUT2D eigenvalue weighted by molar-refractivity contribution is 7.91. The second-order valence-corrected chi connectivity index (χ2v) is 6.82. The van der Waals surface area contributed by atoms with Crippen LogP contribution in [-0.2, 0) is 9.84 Å². The van der Waals surface area contributed by atoms with Gasteiger partial charge in [-0.25, -0.2) is 12.8 Å². The lowest BCUT2D eigenvalue weighted by atomic mass is 10.3. The Labute approximate surface area is 131 Å². The topological polar surface area (TPSA) is 67.8 Å². The zero-order chi connectivity index (χ0) is 15.7. The van der Waals surface area contributed by atoms with Crippen molar-refractivity contribution in [3.8, 4) is 5.69 Å². The molecule has 1 aromatic heterocycles. The first-order chi connectivity index (χ1) is 10.5. The van der Waals surface area contributed by atoms with E-state index in [9.17, 15) is 12.8 Å². The lowest BCUT2D eigenvalue weighted by Gasteiger charge is -2.06. The quantitative estimate of drug-likeness (QED) is 0.590. The van der Waals surface area contributed by atoms with Gasteiger partial charge in [0.2, 0.25) is 9.84 Å². The number of halogens is 1. The summed E-state index contributed by atoms with van der Waals surface area (Å²) in [5.74, 6) is -0.483. The minimum absolute atomic E-state index is 0.0431. The fourth-order valence-corrected chi connectivity index (χ4v) is 3.43. The molecule has 5 nitrogen and oxygen atoms in total. The van der Waals surface area contributed by atoms with Crippen molar-refractivity contribution in [3.05, 3.63) is 65.4 Å². The Kier molecular flexibility index (Phi) is 3.63. The third-order valence-corrected chi connectivity index (χ3v) is 5.17. The summed E-state index contributed by atoms with van der Waals surface area (Å²) < 4.78 is 39.8. The van der Waals surface area contributed by atoms with E-state index in [1.54, 1.807) is 16.7 Å². The minimum atomic E-state index is -3.68. The molecule has 0 radical (unpaired) electrons. The maximum atomic E-state index is 12.9. The highest BCUT2D eigenvalue weighted by atomic mass is 32.2. The molecule has 0 aliphatic carbocycles. The molecule has 0 spiro atoms. The number of aromatic amines is 1. The molecule has 0 amide bonds. The average Bonchev–Trinajstić information content (AvgIpc) is 2.94. The van der Waals surface area contributed by atoms with Gasteiger partial charge in [0.05, 0.1) is 9.79 Å². The molecule has 0 atom stereocenters. The van der Waals surface area contributed by atoms with E-state index in [-0.39, 0.29) is 9.79 Å². The van der Waals surface area contributed by atoms with Crippen LogP contribution in [0.3, 0.4) is 0 Å². The molecule has 1 N–H and O–H groups in total. The lowest BCUT2D eigenvalue weighted by molar-refractivity contribution is 0.594. The summed E-state index contributed by atoms with van der Waals surface area (Å²) in [7, 11) is -3.68. The van der Waals surface area contributed by atoms with Crippen LogP contribution in [0.5, 0.6) is 0 Å². The fraction of sp³-hybridized carbons (Fsp3) is 0. The van der Waals surface area contributed by atoms with Gasteiger partial charge >= 0.3 is 0 Å². The summed E-state index contributed by atoms with van der Waals surface area (Å²) in [6.45, 7) is 0. The van der Waals surface area contributed by atoms with E-state index in [4.69, 9.17) is 12.2 Å². The summed E-state index contributed by atoms with van der Waals surface area (Å²) in [6, 6.07) is 10.9. The Morgan fingerprint density at radius 3 is 2.05 bits per heavy atom. The first-order valence-corrected chi connectivity index (χ1v) is 8.11. The molecule has 112 valence electrons. The van der Waals surface area contributed by atoms with Crippen molar-refractivity contribution >= 4 is 22.1 Å². The molecule has 2 aromatic carbocycles. The molecule has 3 rings (SSSR count). The van der Waals surface area contributed by atoms with E-state index in [2.05, 4.69) is 10.2 Å². The molecular formula is C14H10FN3O2S2. The van der Waals surface area contributed by atoms with Crippen LogP contribution in [0.1, 0.15) is 0 Å². The van der Waals surface area contributed by atoms with Gasteiger partial charge in [0.1, 0.15) is 12.1 Å². The van der Waals surface area contributed by atoms with Crippen LogP contribution in [0.2, 0.25) is 0 Å². The number of sulfone groups is 1. The molecule has 0 fully saturated rings. The molecular weight excluding hydrogens is 325 g/mol.